The van der Waals surface area contributed by atoms with Crippen molar-refractivity contribution in [2.45, 2.75) is 26.8 Å². The van der Waals surface area contributed by atoms with E-state index in [2.05, 4.69) is 36.5 Å². The van der Waals surface area contributed by atoms with Crippen molar-refractivity contribution in [3.8, 4) is 0 Å². The lowest BCUT2D eigenvalue weighted by atomic mass is 9.87. The number of carboxylic acids is 1. The van der Waals surface area contributed by atoms with Crippen LogP contribution in [0, 0.1) is 18.8 Å². The number of rotatable bonds is 2. The summed E-state index contributed by atoms with van der Waals surface area (Å²) in [6.07, 6.45) is 0. The molecule has 3 atom stereocenters. The van der Waals surface area contributed by atoms with Gasteiger partial charge in [0.2, 0.25) is 5.76 Å². The van der Waals surface area contributed by atoms with Crippen LogP contribution in [0.4, 0.5) is 0 Å². The normalized spacial score (nSPS) is 26.0. The predicted molar refractivity (Wildman–Crippen MR) is 103 cm³/mol. The predicted octanol–water partition coefficient (Wildman–Crippen LogP) is 2.08. The quantitative estimate of drug-likeness (QED) is 0.807. The van der Waals surface area contributed by atoms with Crippen LogP contribution in [0.2, 0.25) is 0 Å². The first kappa shape index (κ1) is 20.2. The van der Waals surface area contributed by atoms with E-state index in [1.165, 1.54) is 11.1 Å². The zero-order valence-corrected chi connectivity index (χ0v) is 16.6. The van der Waals surface area contributed by atoms with E-state index in [1.54, 1.807) is 0 Å². The molecule has 2 fully saturated rings. The first-order valence-electron chi connectivity index (χ1n) is 9.63. The Bertz CT molecular complexity index is 772. The van der Waals surface area contributed by atoms with Gasteiger partial charge >= 0.3 is 0 Å². The largest absolute Gasteiger partial charge is 0.491 e. The van der Waals surface area contributed by atoms with Crippen LogP contribution in [0.3, 0.4) is 0 Å². The van der Waals surface area contributed by atoms with Crippen molar-refractivity contribution < 1.29 is 24.2 Å². The van der Waals surface area contributed by atoms with E-state index >= 15 is 0 Å². The number of hydrogen-bond donors (Lipinski definition) is 2. The van der Waals surface area contributed by atoms with Gasteiger partial charge in [-0.1, -0.05) is 24.3 Å². The number of carbonyl (C=O) groups is 2. The number of allylic oxidation sites excluding steroid dienone is 1. The minimum Gasteiger partial charge on any atom is -0.491 e. The van der Waals surface area contributed by atoms with E-state index in [-0.39, 0.29) is 11.9 Å². The van der Waals surface area contributed by atoms with Crippen LogP contribution in [0.5, 0.6) is 0 Å². The lowest BCUT2D eigenvalue weighted by Crippen LogP contribution is -2.37. The molecule has 2 N–H and O–H groups in total. The molecule has 4 rings (SSSR count). The summed E-state index contributed by atoms with van der Waals surface area (Å²) in [6, 6.07) is 8.49. The third-order valence-corrected chi connectivity index (χ3v) is 5.49. The van der Waals surface area contributed by atoms with Crippen LogP contribution in [-0.4, -0.2) is 54.7 Å². The van der Waals surface area contributed by atoms with Gasteiger partial charge in [0.25, 0.3) is 11.9 Å². The fourth-order valence-electron chi connectivity index (χ4n) is 4.29. The van der Waals surface area contributed by atoms with E-state index in [4.69, 9.17) is 19.4 Å². The first-order chi connectivity index (χ1) is 13.4. The summed E-state index contributed by atoms with van der Waals surface area (Å²) in [5.74, 6) is 1.08. The van der Waals surface area contributed by atoms with Crippen molar-refractivity contribution in [1.29, 1.82) is 0 Å². The molecule has 3 aliphatic rings. The Kier molecular flexibility index (Phi) is 6.24. The van der Waals surface area contributed by atoms with E-state index in [9.17, 15) is 4.79 Å². The number of amides is 1. The monoisotopic (exact) mass is 388 g/mol. The van der Waals surface area contributed by atoms with Gasteiger partial charge in [-0.2, -0.15) is 0 Å². The number of benzene rings is 1. The Balaban J connectivity index is 0.000000516. The standard InChI is InChI=1S/C19H24N2O3.C2H4O2/c1-12-5-3-4-6-15(12)17-16-10-20-9-14(16)11-21(17)19(22)18-13(2)23-7-8-24-18;1-2(3)4/h3-6,14,16-17,20H,7-11H2,1-2H3;1H3,(H,3,4)/t14-,16-,17+;/m0./s1. The number of hydrogen-bond acceptors (Lipinski definition) is 5. The highest BCUT2D eigenvalue weighted by molar-refractivity contribution is 5.92. The molecule has 7 nitrogen and oxygen atoms in total. The fraction of sp³-hybridized carbons (Fsp3) is 0.524. The summed E-state index contributed by atoms with van der Waals surface area (Å²) >= 11 is 0. The van der Waals surface area contributed by atoms with Crippen molar-refractivity contribution in [2.24, 2.45) is 11.8 Å². The van der Waals surface area contributed by atoms with Gasteiger partial charge in [0.15, 0.2) is 0 Å². The van der Waals surface area contributed by atoms with Crippen molar-refractivity contribution >= 4 is 11.9 Å². The smallest absolute Gasteiger partial charge is 0.300 e. The molecule has 1 amide bonds. The number of aryl methyl sites for hydroxylation is 1. The molecule has 2 saturated heterocycles. The Hall–Kier alpha value is -2.54. The Morgan fingerprint density at radius 1 is 1.14 bits per heavy atom. The van der Waals surface area contributed by atoms with Crippen LogP contribution in [0.25, 0.3) is 0 Å². The van der Waals surface area contributed by atoms with E-state index in [0.29, 0.717) is 36.6 Å². The van der Waals surface area contributed by atoms with Gasteiger partial charge in [-0.15, -0.1) is 0 Å². The molecular weight excluding hydrogens is 360 g/mol. The molecule has 0 unspecified atom stereocenters. The second-order valence-electron chi connectivity index (χ2n) is 7.44. The molecule has 0 radical (unpaired) electrons. The molecule has 3 heterocycles. The Morgan fingerprint density at radius 3 is 2.50 bits per heavy atom. The van der Waals surface area contributed by atoms with Gasteiger partial charge in [0.05, 0.1) is 6.04 Å². The first-order valence-corrected chi connectivity index (χ1v) is 9.63. The van der Waals surface area contributed by atoms with E-state index in [1.807, 2.05) is 11.8 Å². The molecule has 0 aromatic heterocycles. The SMILES string of the molecule is CC(=O)O.CC1=C(C(=O)N2C[C@@H]3CNC[C@@H]3[C@H]2c2ccccc2C)OCCO1. The maximum Gasteiger partial charge on any atom is 0.300 e. The number of ether oxygens (including phenoxy) is 2. The average molecular weight is 388 g/mol. The molecule has 7 heteroatoms. The zero-order valence-electron chi connectivity index (χ0n) is 16.6. The summed E-state index contributed by atoms with van der Waals surface area (Å²) in [6.45, 7) is 8.69. The van der Waals surface area contributed by atoms with Crippen LogP contribution >= 0.6 is 0 Å². The van der Waals surface area contributed by atoms with Gasteiger partial charge < -0.3 is 24.8 Å². The van der Waals surface area contributed by atoms with Gasteiger partial charge in [-0.05, 0) is 30.9 Å². The molecule has 3 aliphatic heterocycles. The molecule has 1 aromatic rings. The molecule has 152 valence electrons. The number of aliphatic carboxylic acids is 1. The van der Waals surface area contributed by atoms with Gasteiger partial charge in [-0.3, -0.25) is 9.59 Å². The molecule has 0 spiro atoms. The third-order valence-electron chi connectivity index (χ3n) is 5.49. The van der Waals surface area contributed by atoms with Crippen molar-refractivity contribution in [2.75, 3.05) is 32.8 Å². The second kappa shape index (κ2) is 8.65. The second-order valence-corrected chi connectivity index (χ2v) is 7.44. The van der Waals surface area contributed by atoms with E-state index < -0.39 is 5.97 Å². The van der Waals surface area contributed by atoms with Crippen molar-refractivity contribution in [3.63, 3.8) is 0 Å². The number of nitrogens with zero attached hydrogens (tertiary/aromatic N) is 1. The molecule has 0 saturated carbocycles. The number of nitrogens with one attached hydrogen (secondary N) is 1. The Morgan fingerprint density at radius 2 is 1.82 bits per heavy atom. The summed E-state index contributed by atoms with van der Waals surface area (Å²) in [4.78, 5) is 24.2. The molecule has 1 aromatic carbocycles. The molecular formula is C21H28N2O5. The highest BCUT2D eigenvalue weighted by atomic mass is 16.6. The van der Waals surface area contributed by atoms with Crippen LogP contribution in [0.1, 0.15) is 31.0 Å². The lowest BCUT2D eigenvalue weighted by Gasteiger charge is -2.31. The third kappa shape index (κ3) is 4.14. The topological polar surface area (TPSA) is 88.1 Å². The summed E-state index contributed by atoms with van der Waals surface area (Å²) in [5, 5.41) is 10.9. The maximum atomic E-state index is 13.2. The van der Waals surface area contributed by atoms with Crippen LogP contribution in [0.15, 0.2) is 35.8 Å². The maximum absolute atomic E-state index is 13.2. The minimum atomic E-state index is -0.833. The lowest BCUT2D eigenvalue weighted by molar-refractivity contribution is -0.135. The highest BCUT2D eigenvalue weighted by Crippen LogP contribution is 2.44. The van der Waals surface area contributed by atoms with Crippen LogP contribution < -0.4 is 5.32 Å². The molecule has 0 bridgehead atoms. The minimum absolute atomic E-state index is 0.0325. The molecule has 0 aliphatic carbocycles. The Labute approximate surface area is 165 Å². The van der Waals surface area contributed by atoms with Crippen molar-refractivity contribution in [1.82, 2.24) is 10.2 Å². The van der Waals surface area contributed by atoms with Crippen molar-refractivity contribution in [3.05, 3.63) is 46.9 Å². The molecule has 28 heavy (non-hydrogen) atoms. The number of carbonyl (C=O) groups excluding carboxylic acids is 1. The van der Waals surface area contributed by atoms with E-state index in [0.717, 1.165) is 26.6 Å². The summed E-state index contributed by atoms with van der Waals surface area (Å²) in [7, 11) is 0. The fourth-order valence-corrected chi connectivity index (χ4v) is 4.29. The zero-order chi connectivity index (χ0) is 20.3. The number of carboxylic acid groups (broad SMARTS) is 1. The highest BCUT2D eigenvalue weighted by Gasteiger charge is 2.48. The summed E-state index contributed by atoms with van der Waals surface area (Å²) in [5.41, 5.74) is 2.48. The summed E-state index contributed by atoms with van der Waals surface area (Å²) < 4.78 is 11.2. The number of likely N-dealkylation sites (tertiary alicyclic amines) is 1. The van der Waals surface area contributed by atoms with Gasteiger partial charge in [0.1, 0.15) is 19.0 Å². The van der Waals surface area contributed by atoms with Crippen LogP contribution in [-0.2, 0) is 19.1 Å². The van der Waals surface area contributed by atoms with Gasteiger partial charge in [0, 0.05) is 32.5 Å². The average Bonchev–Trinajstić information content (AvgIpc) is 3.23. The van der Waals surface area contributed by atoms with Gasteiger partial charge in [-0.25, -0.2) is 0 Å². The number of fused-ring (bicyclic) bond motifs is 1.